The van der Waals surface area contributed by atoms with Crippen LogP contribution in [0.5, 0.6) is 5.75 Å². The van der Waals surface area contributed by atoms with Gasteiger partial charge in [0.2, 0.25) is 0 Å². The van der Waals surface area contributed by atoms with Crippen molar-refractivity contribution in [1.82, 2.24) is 9.78 Å². The van der Waals surface area contributed by atoms with E-state index in [4.69, 9.17) is 14.2 Å². The molecule has 0 bridgehead atoms. The molecule has 150 valence electrons. The highest BCUT2D eigenvalue weighted by Gasteiger charge is 2.24. The minimum Gasteiger partial charge on any atom is -0.497 e. The number of rotatable bonds is 9. The van der Waals surface area contributed by atoms with Crippen LogP contribution in [0.1, 0.15) is 26.3 Å². The van der Waals surface area contributed by atoms with Gasteiger partial charge in [-0.05, 0) is 38.5 Å². The van der Waals surface area contributed by atoms with Gasteiger partial charge in [-0.15, -0.1) is 0 Å². The zero-order valence-electron chi connectivity index (χ0n) is 16.5. The first-order chi connectivity index (χ1) is 13.5. The van der Waals surface area contributed by atoms with Gasteiger partial charge in [0.1, 0.15) is 11.6 Å². The van der Waals surface area contributed by atoms with E-state index in [0.717, 1.165) is 11.3 Å². The fourth-order valence-corrected chi connectivity index (χ4v) is 2.52. The van der Waals surface area contributed by atoms with Crippen molar-refractivity contribution in [3.8, 4) is 5.75 Å². The van der Waals surface area contributed by atoms with Crippen molar-refractivity contribution in [3.05, 3.63) is 53.4 Å². The Balaban J connectivity index is 2.24. The van der Waals surface area contributed by atoms with Crippen LogP contribution in [0.25, 0.3) is 0 Å². The maximum absolute atomic E-state index is 12.2. The van der Waals surface area contributed by atoms with E-state index in [1.165, 1.54) is 0 Å². The van der Waals surface area contributed by atoms with Crippen molar-refractivity contribution in [2.45, 2.75) is 27.3 Å². The molecule has 0 saturated heterocycles. The van der Waals surface area contributed by atoms with Gasteiger partial charge in [-0.2, -0.15) is 5.10 Å². The van der Waals surface area contributed by atoms with Crippen LogP contribution in [0.4, 0.5) is 5.82 Å². The molecule has 0 atom stereocenters. The van der Waals surface area contributed by atoms with Crippen molar-refractivity contribution >= 4 is 17.8 Å². The molecule has 0 amide bonds. The van der Waals surface area contributed by atoms with Gasteiger partial charge < -0.3 is 19.5 Å². The van der Waals surface area contributed by atoms with Gasteiger partial charge in [-0.1, -0.05) is 12.1 Å². The number of aromatic nitrogens is 2. The molecule has 0 fully saturated rings. The SMILES string of the molecule is CCOC(=O)C(C(=O)OCC)=C(C)Nc1ccnn1Cc1ccc(OC)cc1. The molecule has 1 heterocycles. The second-order valence-electron chi connectivity index (χ2n) is 5.79. The molecule has 28 heavy (non-hydrogen) atoms. The number of benzene rings is 1. The molecule has 0 aliphatic rings. The highest BCUT2D eigenvalue weighted by Crippen LogP contribution is 2.17. The number of hydrogen-bond donors (Lipinski definition) is 1. The molecule has 0 unspecified atom stereocenters. The molecule has 2 rings (SSSR count). The number of methoxy groups -OCH3 is 1. The number of esters is 2. The van der Waals surface area contributed by atoms with Crippen molar-refractivity contribution in [2.24, 2.45) is 0 Å². The summed E-state index contributed by atoms with van der Waals surface area (Å²) in [6, 6.07) is 9.37. The first-order valence-electron chi connectivity index (χ1n) is 8.97. The van der Waals surface area contributed by atoms with Gasteiger partial charge in [0.05, 0.1) is 33.1 Å². The molecular weight excluding hydrogens is 362 g/mol. The highest BCUT2D eigenvalue weighted by atomic mass is 16.6. The number of carbonyl (C=O) groups excluding carboxylic acids is 2. The number of allylic oxidation sites excluding steroid dienone is 1. The van der Waals surface area contributed by atoms with Crippen molar-refractivity contribution < 1.29 is 23.8 Å². The molecule has 1 aromatic heterocycles. The molecule has 2 aromatic rings. The Morgan fingerprint density at radius 3 is 2.18 bits per heavy atom. The molecule has 1 N–H and O–H groups in total. The number of nitrogens with one attached hydrogen (secondary N) is 1. The van der Waals surface area contributed by atoms with Crippen LogP contribution in [0.3, 0.4) is 0 Å². The molecular formula is C20H25N3O5. The first kappa shape index (κ1) is 21.0. The third-order valence-electron chi connectivity index (χ3n) is 3.86. The lowest BCUT2D eigenvalue weighted by Gasteiger charge is -2.14. The summed E-state index contributed by atoms with van der Waals surface area (Å²) >= 11 is 0. The molecule has 0 radical (unpaired) electrons. The quantitative estimate of drug-likeness (QED) is 0.306. The maximum Gasteiger partial charge on any atom is 0.347 e. The van der Waals surface area contributed by atoms with Gasteiger partial charge in [-0.3, -0.25) is 0 Å². The predicted octanol–water partition coefficient (Wildman–Crippen LogP) is 2.75. The summed E-state index contributed by atoms with van der Waals surface area (Å²) in [5.74, 6) is -0.0615. The van der Waals surface area contributed by atoms with Crippen LogP contribution in [0.15, 0.2) is 47.8 Å². The summed E-state index contributed by atoms with van der Waals surface area (Å²) < 4.78 is 16.9. The Bertz CT molecular complexity index is 820. The van der Waals surface area contributed by atoms with E-state index in [2.05, 4.69) is 10.4 Å². The smallest absolute Gasteiger partial charge is 0.347 e. The number of carbonyl (C=O) groups is 2. The molecule has 0 aliphatic heterocycles. The summed E-state index contributed by atoms with van der Waals surface area (Å²) in [5, 5.41) is 7.36. The Labute approximate surface area is 164 Å². The van der Waals surface area contributed by atoms with Crippen molar-refractivity contribution in [2.75, 3.05) is 25.6 Å². The largest absolute Gasteiger partial charge is 0.497 e. The number of ether oxygens (including phenoxy) is 3. The monoisotopic (exact) mass is 387 g/mol. The normalized spacial score (nSPS) is 10.1. The third-order valence-corrected chi connectivity index (χ3v) is 3.86. The first-order valence-corrected chi connectivity index (χ1v) is 8.97. The molecule has 1 aromatic carbocycles. The van der Waals surface area contributed by atoms with Crippen LogP contribution in [0.2, 0.25) is 0 Å². The van der Waals surface area contributed by atoms with Crippen LogP contribution >= 0.6 is 0 Å². The van der Waals surface area contributed by atoms with Crippen LogP contribution in [0, 0.1) is 0 Å². The average molecular weight is 387 g/mol. The van der Waals surface area contributed by atoms with Crippen molar-refractivity contribution in [3.63, 3.8) is 0 Å². The van der Waals surface area contributed by atoms with Gasteiger partial charge in [0.25, 0.3) is 0 Å². The van der Waals surface area contributed by atoms with Gasteiger partial charge in [0.15, 0.2) is 5.57 Å². The summed E-state index contributed by atoms with van der Waals surface area (Å²) in [5.41, 5.74) is 1.18. The summed E-state index contributed by atoms with van der Waals surface area (Å²) in [6.07, 6.45) is 1.63. The Kier molecular flexibility index (Phi) is 7.62. The number of nitrogens with zero attached hydrogens (tertiary/aromatic N) is 2. The van der Waals surface area contributed by atoms with E-state index in [0.29, 0.717) is 18.1 Å². The average Bonchev–Trinajstić information content (AvgIpc) is 3.09. The second-order valence-corrected chi connectivity index (χ2v) is 5.79. The Hall–Kier alpha value is -3.29. The maximum atomic E-state index is 12.2. The van der Waals surface area contributed by atoms with Crippen LogP contribution < -0.4 is 10.1 Å². The lowest BCUT2D eigenvalue weighted by Crippen LogP contribution is -2.22. The molecule has 8 heteroatoms. The van der Waals surface area contributed by atoms with Gasteiger partial charge in [0, 0.05) is 11.8 Å². The predicted molar refractivity (Wildman–Crippen MR) is 104 cm³/mol. The van der Waals surface area contributed by atoms with E-state index < -0.39 is 11.9 Å². The van der Waals surface area contributed by atoms with E-state index in [9.17, 15) is 9.59 Å². The fourth-order valence-electron chi connectivity index (χ4n) is 2.52. The van der Waals surface area contributed by atoms with E-state index in [1.54, 1.807) is 44.8 Å². The zero-order valence-corrected chi connectivity index (χ0v) is 16.5. The number of anilines is 1. The summed E-state index contributed by atoms with van der Waals surface area (Å²) in [7, 11) is 1.62. The van der Waals surface area contributed by atoms with E-state index in [-0.39, 0.29) is 18.8 Å². The highest BCUT2D eigenvalue weighted by molar-refractivity contribution is 6.15. The minimum absolute atomic E-state index is 0.157. The lowest BCUT2D eigenvalue weighted by molar-refractivity contribution is -0.146. The van der Waals surface area contributed by atoms with E-state index >= 15 is 0 Å². The Morgan fingerprint density at radius 1 is 1.04 bits per heavy atom. The lowest BCUT2D eigenvalue weighted by atomic mass is 10.2. The molecule has 8 nitrogen and oxygen atoms in total. The second kappa shape index (κ2) is 10.1. The topological polar surface area (TPSA) is 91.7 Å². The molecule has 0 aliphatic carbocycles. The Morgan fingerprint density at radius 2 is 1.64 bits per heavy atom. The number of hydrogen-bond acceptors (Lipinski definition) is 7. The van der Waals surface area contributed by atoms with Gasteiger partial charge in [-0.25, -0.2) is 14.3 Å². The van der Waals surface area contributed by atoms with Gasteiger partial charge >= 0.3 is 11.9 Å². The zero-order chi connectivity index (χ0) is 20.5. The summed E-state index contributed by atoms with van der Waals surface area (Å²) in [6.45, 7) is 5.78. The minimum atomic E-state index is -0.729. The van der Waals surface area contributed by atoms with Crippen LogP contribution in [-0.2, 0) is 25.6 Å². The summed E-state index contributed by atoms with van der Waals surface area (Å²) in [4.78, 5) is 24.4. The van der Waals surface area contributed by atoms with Crippen LogP contribution in [-0.4, -0.2) is 42.0 Å². The van der Waals surface area contributed by atoms with E-state index in [1.807, 2.05) is 24.3 Å². The molecule has 0 saturated carbocycles. The standard InChI is InChI=1S/C20H25N3O5/c1-5-27-19(24)18(20(25)28-6-2)14(3)22-17-11-12-21-23(17)13-15-7-9-16(26-4)10-8-15/h7-12,22H,5-6,13H2,1-4H3. The van der Waals surface area contributed by atoms with Crippen molar-refractivity contribution in [1.29, 1.82) is 0 Å². The molecule has 0 spiro atoms. The fraction of sp³-hybridized carbons (Fsp3) is 0.350. The third kappa shape index (κ3) is 5.35.